The Labute approximate surface area is 105 Å². The van der Waals surface area contributed by atoms with Gasteiger partial charge in [0.15, 0.2) is 0 Å². The zero-order valence-corrected chi connectivity index (χ0v) is 10.4. The molecule has 1 fully saturated rings. The highest BCUT2D eigenvalue weighted by atomic mass is 16.4. The minimum Gasteiger partial charge on any atom is -0.481 e. The molecule has 1 aromatic rings. The summed E-state index contributed by atoms with van der Waals surface area (Å²) in [6.07, 6.45) is 4.87. The van der Waals surface area contributed by atoms with Gasteiger partial charge in [-0.15, -0.1) is 0 Å². The third-order valence-corrected chi connectivity index (χ3v) is 3.38. The van der Waals surface area contributed by atoms with Gasteiger partial charge >= 0.3 is 5.97 Å². The van der Waals surface area contributed by atoms with Gasteiger partial charge in [-0.25, -0.2) is 4.98 Å². The number of rotatable bonds is 4. The maximum absolute atomic E-state index is 12.2. The summed E-state index contributed by atoms with van der Waals surface area (Å²) >= 11 is 0. The second kappa shape index (κ2) is 5.20. The smallest absolute Gasteiger partial charge is 0.303 e. The number of hydrogen-bond acceptors (Lipinski definition) is 3. The molecule has 1 atom stereocenters. The van der Waals surface area contributed by atoms with Crippen LogP contribution in [0.2, 0.25) is 0 Å². The van der Waals surface area contributed by atoms with Crippen LogP contribution in [0.4, 0.5) is 0 Å². The van der Waals surface area contributed by atoms with Gasteiger partial charge in [-0.1, -0.05) is 0 Å². The molecule has 0 aromatic carbocycles. The lowest BCUT2D eigenvalue weighted by atomic mass is 10.0. The van der Waals surface area contributed by atoms with E-state index in [0.29, 0.717) is 31.1 Å². The van der Waals surface area contributed by atoms with Gasteiger partial charge in [0, 0.05) is 26.6 Å². The van der Waals surface area contributed by atoms with Gasteiger partial charge in [0.25, 0.3) is 5.91 Å². The van der Waals surface area contributed by atoms with Crippen molar-refractivity contribution in [1.29, 1.82) is 0 Å². The first-order valence-electron chi connectivity index (χ1n) is 6.05. The second-order valence-electron chi connectivity index (χ2n) is 4.73. The van der Waals surface area contributed by atoms with Gasteiger partial charge in [-0.2, -0.15) is 0 Å². The number of amides is 1. The number of carboxylic acid groups (broad SMARTS) is 1. The van der Waals surface area contributed by atoms with Crippen LogP contribution in [0.1, 0.15) is 29.8 Å². The number of hydrogen-bond donors (Lipinski definition) is 1. The van der Waals surface area contributed by atoms with E-state index in [2.05, 4.69) is 4.98 Å². The van der Waals surface area contributed by atoms with E-state index in [4.69, 9.17) is 5.11 Å². The van der Waals surface area contributed by atoms with E-state index in [1.807, 2.05) is 0 Å². The third kappa shape index (κ3) is 2.69. The lowest BCUT2D eigenvalue weighted by molar-refractivity contribution is -0.137. The maximum atomic E-state index is 12.2. The van der Waals surface area contributed by atoms with E-state index >= 15 is 0 Å². The Bertz CT molecular complexity index is 455. The van der Waals surface area contributed by atoms with Crippen LogP contribution in [0.5, 0.6) is 0 Å². The van der Waals surface area contributed by atoms with Crippen LogP contribution in [0.3, 0.4) is 0 Å². The fourth-order valence-electron chi connectivity index (χ4n) is 2.31. The Hall–Kier alpha value is -1.85. The average Bonchev–Trinajstić information content (AvgIpc) is 2.94. The Balaban J connectivity index is 1.91. The lowest BCUT2D eigenvalue weighted by Gasteiger charge is -2.16. The molecule has 1 aliphatic rings. The standard InChI is InChI=1S/C12H17N3O3/c1-14-8-13-6-10(14)12(18)15-5-4-9(7-15)2-3-11(16)17/h6,8-9H,2-5,7H2,1H3,(H,16,17). The zero-order valence-electron chi connectivity index (χ0n) is 10.4. The number of nitrogens with zero attached hydrogens (tertiary/aromatic N) is 3. The molecule has 2 heterocycles. The van der Waals surface area contributed by atoms with Crippen molar-refractivity contribution >= 4 is 11.9 Å². The molecule has 0 bridgehead atoms. The molecular formula is C12H17N3O3. The SMILES string of the molecule is Cn1cncc1C(=O)N1CCC(CCC(=O)O)C1. The first kappa shape index (κ1) is 12.6. The number of likely N-dealkylation sites (tertiary alicyclic amines) is 1. The molecule has 1 unspecified atom stereocenters. The molecule has 2 rings (SSSR count). The summed E-state index contributed by atoms with van der Waals surface area (Å²) in [5.41, 5.74) is 0.578. The van der Waals surface area contributed by atoms with Crippen molar-refractivity contribution in [2.45, 2.75) is 19.3 Å². The molecule has 18 heavy (non-hydrogen) atoms. The molecule has 0 saturated carbocycles. The highest BCUT2D eigenvalue weighted by Gasteiger charge is 2.28. The van der Waals surface area contributed by atoms with E-state index in [1.165, 1.54) is 0 Å². The van der Waals surface area contributed by atoms with Gasteiger partial charge in [0.05, 0.1) is 12.5 Å². The molecule has 1 aromatic heterocycles. The van der Waals surface area contributed by atoms with Crippen molar-refractivity contribution in [3.05, 3.63) is 18.2 Å². The van der Waals surface area contributed by atoms with Crippen molar-refractivity contribution in [3.63, 3.8) is 0 Å². The summed E-state index contributed by atoms with van der Waals surface area (Å²) in [4.78, 5) is 28.4. The van der Waals surface area contributed by atoms with Crippen molar-refractivity contribution in [3.8, 4) is 0 Å². The minimum atomic E-state index is -0.772. The molecule has 0 spiro atoms. The number of carbonyl (C=O) groups excluding carboxylic acids is 1. The van der Waals surface area contributed by atoms with Crippen LogP contribution >= 0.6 is 0 Å². The molecular weight excluding hydrogens is 234 g/mol. The summed E-state index contributed by atoms with van der Waals surface area (Å²) in [5.74, 6) is -0.488. The normalized spacial score (nSPS) is 19.2. The number of aryl methyl sites for hydroxylation is 1. The predicted molar refractivity (Wildman–Crippen MR) is 64.1 cm³/mol. The first-order valence-corrected chi connectivity index (χ1v) is 6.05. The maximum Gasteiger partial charge on any atom is 0.303 e. The number of aromatic nitrogens is 2. The monoisotopic (exact) mass is 251 g/mol. The van der Waals surface area contributed by atoms with Crippen LogP contribution in [0.25, 0.3) is 0 Å². The Kier molecular flexibility index (Phi) is 3.64. The third-order valence-electron chi connectivity index (χ3n) is 3.38. The Morgan fingerprint density at radius 3 is 2.94 bits per heavy atom. The van der Waals surface area contributed by atoms with E-state index in [1.54, 1.807) is 29.0 Å². The summed E-state index contributed by atoms with van der Waals surface area (Å²) in [5, 5.41) is 8.64. The van der Waals surface area contributed by atoms with Gasteiger partial charge in [0.1, 0.15) is 5.69 Å². The van der Waals surface area contributed by atoms with Gasteiger partial charge in [-0.05, 0) is 18.8 Å². The average molecular weight is 251 g/mol. The highest BCUT2D eigenvalue weighted by molar-refractivity contribution is 5.92. The van der Waals surface area contributed by atoms with Gasteiger partial charge in [0.2, 0.25) is 0 Å². The fourth-order valence-corrected chi connectivity index (χ4v) is 2.31. The van der Waals surface area contributed by atoms with Crippen LogP contribution in [-0.2, 0) is 11.8 Å². The molecule has 6 nitrogen and oxygen atoms in total. The molecule has 1 saturated heterocycles. The van der Waals surface area contributed by atoms with E-state index in [-0.39, 0.29) is 12.3 Å². The zero-order chi connectivity index (χ0) is 13.1. The molecule has 1 N–H and O–H groups in total. The van der Waals surface area contributed by atoms with Crippen LogP contribution < -0.4 is 0 Å². The number of aliphatic carboxylic acids is 1. The number of carbonyl (C=O) groups is 2. The first-order chi connectivity index (χ1) is 8.58. The molecule has 0 aliphatic carbocycles. The van der Waals surface area contributed by atoms with E-state index in [0.717, 1.165) is 6.42 Å². The quantitative estimate of drug-likeness (QED) is 0.856. The minimum absolute atomic E-state index is 0.0205. The van der Waals surface area contributed by atoms with Gasteiger partial charge in [-0.3, -0.25) is 9.59 Å². The summed E-state index contributed by atoms with van der Waals surface area (Å²) < 4.78 is 1.70. The molecule has 1 amide bonds. The topological polar surface area (TPSA) is 75.4 Å². The molecule has 0 radical (unpaired) electrons. The highest BCUT2D eigenvalue weighted by Crippen LogP contribution is 2.22. The summed E-state index contributed by atoms with van der Waals surface area (Å²) in [6, 6.07) is 0. The summed E-state index contributed by atoms with van der Waals surface area (Å²) in [6.45, 7) is 1.35. The largest absolute Gasteiger partial charge is 0.481 e. The van der Waals surface area contributed by atoms with Crippen molar-refractivity contribution in [2.75, 3.05) is 13.1 Å². The van der Waals surface area contributed by atoms with Crippen molar-refractivity contribution in [2.24, 2.45) is 13.0 Å². The molecule has 98 valence electrons. The molecule has 6 heteroatoms. The predicted octanol–water partition coefficient (Wildman–Crippen LogP) is 0.747. The van der Waals surface area contributed by atoms with Crippen LogP contribution in [0, 0.1) is 5.92 Å². The van der Waals surface area contributed by atoms with Crippen LogP contribution in [0.15, 0.2) is 12.5 Å². The Morgan fingerprint density at radius 1 is 1.56 bits per heavy atom. The Morgan fingerprint density at radius 2 is 2.33 bits per heavy atom. The van der Waals surface area contributed by atoms with Crippen LogP contribution in [-0.4, -0.2) is 44.5 Å². The molecule has 1 aliphatic heterocycles. The lowest BCUT2D eigenvalue weighted by Crippen LogP contribution is -2.30. The number of carboxylic acids is 1. The van der Waals surface area contributed by atoms with Crippen molar-refractivity contribution < 1.29 is 14.7 Å². The second-order valence-corrected chi connectivity index (χ2v) is 4.73. The number of imidazole rings is 1. The fraction of sp³-hybridized carbons (Fsp3) is 0.583. The van der Waals surface area contributed by atoms with Gasteiger partial charge < -0.3 is 14.6 Å². The van der Waals surface area contributed by atoms with Crippen molar-refractivity contribution in [1.82, 2.24) is 14.5 Å². The van der Waals surface area contributed by atoms with E-state index in [9.17, 15) is 9.59 Å². The van der Waals surface area contributed by atoms with E-state index < -0.39 is 5.97 Å². The summed E-state index contributed by atoms with van der Waals surface area (Å²) in [7, 11) is 1.79.